The molecule has 1 atom stereocenters. The quantitative estimate of drug-likeness (QED) is 0.846. The van der Waals surface area contributed by atoms with Gasteiger partial charge in [-0.05, 0) is 24.6 Å². The largest absolute Gasteiger partial charge is 0.488 e. The number of benzene rings is 1. The van der Waals surface area contributed by atoms with Gasteiger partial charge in [0.25, 0.3) is 6.43 Å². The first-order chi connectivity index (χ1) is 10.6. The van der Waals surface area contributed by atoms with E-state index < -0.39 is 19.1 Å². The molecule has 0 saturated carbocycles. The molecule has 2 rings (SSSR count). The molecule has 22 heavy (non-hydrogen) atoms. The standard InChI is InChI=1S/C14H16F2N4O2/c1-10(20-9-17-8-19-20)14(21)18-6-11-3-2-4-12(5-11)22-7-13(15)16/h2-5,8-10,13H,6-7H2,1H3,(H,18,21)/t10-/m1/s1. The maximum Gasteiger partial charge on any atom is 0.272 e. The lowest BCUT2D eigenvalue weighted by Crippen LogP contribution is -2.30. The number of hydrogen-bond donors (Lipinski definition) is 1. The van der Waals surface area contributed by atoms with Crippen molar-refractivity contribution in [3.05, 3.63) is 42.5 Å². The SMILES string of the molecule is C[C@H](C(=O)NCc1cccc(OCC(F)F)c1)n1cncn1. The van der Waals surface area contributed by atoms with Crippen LogP contribution in [0, 0.1) is 0 Å². The van der Waals surface area contributed by atoms with Crippen LogP contribution in [0.4, 0.5) is 8.78 Å². The first kappa shape index (κ1) is 15.9. The molecule has 1 aromatic heterocycles. The van der Waals surface area contributed by atoms with Gasteiger partial charge in [0.2, 0.25) is 5.91 Å². The predicted octanol–water partition coefficient (Wildman–Crippen LogP) is 1.80. The summed E-state index contributed by atoms with van der Waals surface area (Å²) in [5.74, 6) is 0.126. The van der Waals surface area contributed by atoms with Crippen LogP contribution < -0.4 is 10.1 Å². The van der Waals surface area contributed by atoms with E-state index in [2.05, 4.69) is 15.4 Å². The van der Waals surface area contributed by atoms with Gasteiger partial charge in [-0.15, -0.1) is 0 Å². The van der Waals surface area contributed by atoms with E-state index in [1.54, 1.807) is 31.2 Å². The minimum atomic E-state index is -2.52. The van der Waals surface area contributed by atoms with Crippen molar-refractivity contribution in [2.75, 3.05) is 6.61 Å². The molecule has 0 spiro atoms. The van der Waals surface area contributed by atoms with Crippen LogP contribution in [0.3, 0.4) is 0 Å². The number of amides is 1. The Morgan fingerprint density at radius 2 is 2.27 bits per heavy atom. The molecular weight excluding hydrogens is 294 g/mol. The molecule has 1 amide bonds. The molecule has 1 N–H and O–H groups in total. The first-order valence-corrected chi connectivity index (χ1v) is 6.68. The molecule has 0 fully saturated rings. The van der Waals surface area contributed by atoms with Gasteiger partial charge in [0.15, 0.2) is 0 Å². The molecule has 0 radical (unpaired) electrons. The van der Waals surface area contributed by atoms with Gasteiger partial charge in [-0.3, -0.25) is 4.79 Å². The third kappa shape index (κ3) is 4.51. The zero-order chi connectivity index (χ0) is 15.9. The molecule has 6 nitrogen and oxygen atoms in total. The lowest BCUT2D eigenvalue weighted by molar-refractivity contribution is -0.124. The molecule has 118 valence electrons. The van der Waals surface area contributed by atoms with Gasteiger partial charge in [0.05, 0.1) is 0 Å². The van der Waals surface area contributed by atoms with Crippen molar-refractivity contribution in [2.45, 2.75) is 25.9 Å². The number of carbonyl (C=O) groups is 1. The minimum absolute atomic E-state index is 0.218. The monoisotopic (exact) mass is 310 g/mol. The van der Waals surface area contributed by atoms with Gasteiger partial charge in [-0.1, -0.05) is 12.1 Å². The summed E-state index contributed by atoms with van der Waals surface area (Å²) in [5, 5.41) is 6.65. The smallest absolute Gasteiger partial charge is 0.272 e. The molecule has 1 aromatic carbocycles. The summed E-state index contributed by atoms with van der Waals surface area (Å²) >= 11 is 0. The summed E-state index contributed by atoms with van der Waals surface area (Å²) < 4.78 is 30.6. The number of rotatable bonds is 7. The van der Waals surface area contributed by atoms with E-state index in [0.717, 1.165) is 5.56 Å². The van der Waals surface area contributed by atoms with E-state index in [9.17, 15) is 13.6 Å². The number of aromatic nitrogens is 3. The fraction of sp³-hybridized carbons (Fsp3) is 0.357. The normalized spacial score (nSPS) is 12.2. The molecule has 0 aliphatic heterocycles. The van der Waals surface area contributed by atoms with Crippen LogP contribution in [0.5, 0.6) is 5.75 Å². The number of nitrogens with zero attached hydrogens (tertiary/aromatic N) is 3. The fourth-order valence-electron chi connectivity index (χ4n) is 1.78. The van der Waals surface area contributed by atoms with E-state index >= 15 is 0 Å². The van der Waals surface area contributed by atoms with Crippen molar-refractivity contribution >= 4 is 5.91 Å². The minimum Gasteiger partial charge on any atom is -0.488 e. The van der Waals surface area contributed by atoms with Crippen molar-refractivity contribution in [1.29, 1.82) is 0 Å². The van der Waals surface area contributed by atoms with E-state index in [1.165, 1.54) is 17.3 Å². The zero-order valence-electron chi connectivity index (χ0n) is 11.9. The highest BCUT2D eigenvalue weighted by atomic mass is 19.3. The zero-order valence-corrected chi connectivity index (χ0v) is 11.9. The van der Waals surface area contributed by atoms with Crippen LogP contribution in [0.2, 0.25) is 0 Å². The number of carbonyl (C=O) groups excluding carboxylic acids is 1. The molecule has 0 unspecified atom stereocenters. The van der Waals surface area contributed by atoms with Gasteiger partial charge in [-0.2, -0.15) is 5.10 Å². The summed E-state index contributed by atoms with van der Waals surface area (Å²) in [4.78, 5) is 15.8. The summed E-state index contributed by atoms with van der Waals surface area (Å²) in [7, 11) is 0. The lowest BCUT2D eigenvalue weighted by atomic mass is 10.2. The Morgan fingerprint density at radius 3 is 2.95 bits per heavy atom. The number of hydrogen-bond acceptors (Lipinski definition) is 4. The van der Waals surface area contributed by atoms with Gasteiger partial charge in [0.1, 0.15) is 31.1 Å². The van der Waals surface area contributed by atoms with Crippen LogP contribution in [0.1, 0.15) is 18.5 Å². The molecule has 0 aliphatic rings. The summed E-state index contributed by atoms with van der Waals surface area (Å²) in [6, 6.07) is 6.17. The number of ether oxygens (including phenoxy) is 1. The van der Waals surface area contributed by atoms with Gasteiger partial charge < -0.3 is 10.1 Å². The van der Waals surface area contributed by atoms with Gasteiger partial charge in [-0.25, -0.2) is 18.4 Å². The number of nitrogens with one attached hydrogen (secondary N) is 1. The maximum atomic E-state index is 12.1. The van der Waals surface area contributed by atoms with Crippen LogP contribution in [0.15, 0.2) is 36.9 Å². The average Bonchev–Trinajstić information content (AvgIpc) is 3.04. The highest BCUT2D eigenvalue weighted by Gasteiger charge is 2.14. The number of halogens is 2. The molecule has 8 heteroatoms. The van der Waals surface area contributed by atoms with Crippen molar-refractivity contribution < 1.29 is 18.3 Å². The molecule has 1 heterocycles. The Hall–Kier alpha value is -2.51. The van der Waals surface area contributed by atoms with Crippen molar-refractivity contribution in [2.24, 2.45) is 0 Å². The van der Waals surface area contributed by atoms with E-state index in [0.29, 0.717) is 5.75 Å². The first-order valence-electron chi connectivity index (χ1n) is 6.68. The van der Waals surface area contributed by atoms with Crippen LogP contribution in [-0.4, -0.2) is 33.7 Å². The Kier molecular flexibility index (Phi) is 5.40. The van der Waals surface area contributed by atoms with Crippen molar-refractivity contribution in [3.8, 4) is 5.75 Å². The Morgan fingerprint density at radius 1 is 1.45 bits per heavy atom. The molecule has 2 aromatic rings. The van der Waals surface area contributed by atoms with E-state index in [1.807, 2.05) is 0 Å². The second kappa shape index (κ2) is 7.48. The summed E-state index contributed by atoms with van der Waals surface area (Å²) in [5.41, 5.74) is 0.755. The summed E-state index contributed by atoms with van der Waals surface area (Å²) in [6.45, 7) is 1.31. The molecule has 0 bridgehead atoms. The van der Waals surface area contributed by atoms with Gasteiger partial charge >= 0.3 is 0 Å². The number of alkyl halides is 2. The Balaban J connectivity index is 1.88. The highest BCUT2D eigenvalue weighted by Crippen LogP contribution is 2.14. The second-order valence-corrected chi connectivity index (χ2v) is 4.62. The maximum absolute atomic E-state index is 12.1. The molecule has 0 saturated heterocycles. The highest BCUT2D eigenvalue weighted by molar-refractivity contribution is 5.79. The Labute approximate surface area is 126 Å². The summed E-state index contributed by atoms with van der Waals surface area (Å²) in [6.07, 6.45) is 0.295. The van der Waals surface area contributed by atoms with Crippen LogP contribution >= 0.6 is 0 Å². The van der Waals surface area contributed by atoms with Crippen molar-refractivity contribution in [3.63, 3.8) is 0 Å². The molecule has 0 aliphatic carbocycles. The third-order valence-corrected chi connectivity index (χ3v) is 2.95. The Bertz CT molecular complexity index is 605. The second-order valence-electron chi connectivity index (χ2n) is 4.62. The topological polar surface area (TPSA) is 69.0 Å². The predicted molar refractivity (Wildman–Crippen MR) is 74.5 cm³/mol. The van der Waals surface area contributed by atoms with Gasteiger partial charge in [0, 0.05) is 6.54 Å². The average molecular weight is 310 g/mol. The molecular formula is C14H16F2N4O2. The van der Waals surface area contributed by atoms with Crippen molar-refractivity contribution in [1.82, 2.24) is 20.1 Å². The van der Waals surface area contributed by atoms with Crippen LogP contribution in [0.25, 0.3) is 0 Å². The lowest BCUT2D eigenvalue weighted by Gasteiger charge is -2.12. The van der Waals surface area contributed by atoms with E-state index in [-0.39, 0.29) is 12.5 Å². The fourth-order valence-corrected chi connectivity index (χ4v) is 1.78. The van der Waals surface area contributed by atoms with E-state index in [4.69, 9.17) is 4.74 Å². The van der Waals surface area contributed by atoms with Crippen LogP contribution in [-0.2, 0) is 11.3 Å². The third-order valence-electron chi connectivity index (χ3n) is 2.95.